The van der Waals surface area contributed by atoms with Crippen molar-refractivity contribution in [2.75, 3.05) is 19.7 Å². The van der Waals surface area contributed by atoms with Crippen LogP contribution in [0.4, 0.5) is 0 Å². The minimum absolute atomic E-state index is 0.237. The van der Waals surface area contributed by atoms with Crippen molar-refractivity contribution in [3.05, 3.63) is 18.2 Å². The van der Waals surface area contributed by atoms with E-state index in [4.69, 9.17) is 4.74 Å². The smallest absolute Gasteiger partial charge is 0.103 e. The molecule has 18 heavy (non-hydrogen) atoms. The first-order valence-corrected chi connectivity index (χ1v) is 7.24. The summed E-state index contributed by atoms with van der Waals surface area (Å²) in [4.78, 5) is 4.34. The van der Waals surface area contributed by atoms with Crippen LogP contribution in [0, 0.1) is 5.92 Å². The maximum absolute atomic E-state index is 6.05. The summed E-state index contributed by atoms with van der Waals surface area (Å²) in [5.74, 6) is 0.591. The molecule has 1 aliphatic heterocycles. The van der Waals surface area contributed by atoms with Crippen LogP contribution in [0.1, 0.15) is 50.4 Å². The molecule has 1 N–H and O–H groups in total. The van der Waals surface area contributed by atoms with Gasteiger partial charge in [0.15, 0.2) is 0 Å². The summed E-state index contributed by atoms with van der Waals surface area (Å²) in [5, 5.41) is 3.46. The normalized spacial score (nSPS) is 28.5. The highest BCUT2D eigenvalue weighted by Gasteiger charge is 2.33. The van der Waals surface area contributed by atoms with Gasteiger partial charge in [0, 0.05) is 25.1 Å². The zero-order valence-electron chi connectivity index (χ0n) is 11.1. The number of aromatic nitrogens is 2. The summed E-state index contributed by atoms with van der Waals surface area (Å²) >= 11 is 0. The van der Waals surface area contributed by atoms with E-state index < -0.39 is 0 Å². The molecule has 1 saturated heterocycles. The monoisotopic (exact) mass is 249 g/mol. The van der Waals surface area contributed by atoms with Crippen molar-refractivity contribution >= 4 is 0 Å². The van der Waals surface area contributed by atoms with Crippen LogP contribution in [0.15, 0.2) is 12.5 Å². The van der Waals surface area contributed by atoms with Crippen LogP contribution in [0.25, 0.3) is 0 Å². The topological polar surface area (TPSA) is 39.1 Å². The second-order valence-electron chi connectivity index (χ2n) is 5.46. The molecule has 2 aliphatic rings. The predicted octanol–water partition coefficient (Wildman–Crippen LogP) is 2.30. The second kappa shape index (κ2) is 5.41. The van der Waals surface area contributed by atoms with Crippen molar-refractivity contribution < 1.29 is 4.74 Å². The predicted molar refractivity (Wildman–Crippen MR) is 70.5 cm³/mol. The summed E-state index contributed by atoms with van der Waals surface area (Å²) < 4.78 is 8.39. The standard InChI is InChI=1S/C14H23N3O/c1-2-15-8-11-4-3-7-18-14(11)13-9-16-10-17(13)12-5-6-12/h9-12,14-15H,2-8H2,1H3. The van der Waals surface area contributed by atoms with Crippen LogP contribution in [0.2, 0.25) is 0 Å². The lowest BCUT2D eigenvalue weighted by Gasteiger charge is -2.32. The Kier molecular flexibility index (Phi) is 3.66. The molecule has 2 unspecified atom stereocenters. The van der Waals surface area contributed by atoms with Gasteiger partial charge in [0.2, 0.25) is 0 Å². The average Bonchev–Trinajstić information content (AvgIpc) is 3.14. The van der Waals surface area contributed by atoms with Gasteiger partial charge < -0.3 is 14.6 Å². The Morgan fingerprint density at radius 1 is 1.44 bits per heavy atom. The van der Waals surface area contributed by atoms with Gasteiger partial charge in [-0.05, 0) is 32.2 Å². The third-order valence-corrected chi connectivity index (χ3v) is 4.03. The molecule has 2 heterocycles. The fourth-order valence-corrected chi connectivity index (χ4v) is 2.90. The van der Waals surface area contributed by atoms with E-state index in [-0.39, 0.29) is 6.10 Å². The molecular weight excluding hydrogens is 226 g/mol. The maximum Gasteiger partial charge on any atom is 0.103 e. The van der Waals surface area contributed by atoms with Gasteiger partial charge in [0.25, 0.3) is 0 Å². The van der Waals surface area contributed by atoms with Crippen molar-refractivity contribution in [2.24, 2.45) is 5.92 Å². The first-order valence-electron chi connectivity index (χ1n) is 7.24. The van der Waals surface area contributed by atoms with Crippen LogP contribution in [-0.4, -0.2) is 29.2 Å². The largest absolute Gasteiger partial charge is 0.372 e. The van der Waals surface area contributed by atoms with Gasteiger partial charge in [-0.25, -0.2) is 4.98 Å². The Hall–Kier alpha value is -0.870. The van der Waals surface area contributed by atoms with Gasteiger partial charge in [0.1, 0.15) is 6.10 Å². The lowest BCUT2D eigenvalue weighted by Crippen LogP contribution is -2.32. The Bertz CT molecular complexity index is 386. The molecule has 100 valence electrons. The Morgan fingerprint density at radius 3 is 3.11 bits per heavy atom. The van der Waals surface area contributed by atoms with E-state index >= 15 is 0 Å². The molecule has 4 nitrogen and oxygen atoms in total. The lowest BCUT2D eigenvalue weighted by molar-refractivity contribution is -0.0320. The van der Waals surface area contributed by atoms with E-state index in [9.17, 15) is 0 Å². The molecule has 4 heteroatoms. The van der Waals surface area contributed by atoms with Crippen molar-refractivity contribution in [3.8, 4) is 0 Å². The van der Waals surface area contributed by atoms with Gasteiger partial charge in [0.05, 0.1) is 18.2 Å². The molecule has 2 fully saturated rings. The van der Waals surface area contributed by atoms with E-state index in [0.29, 0.717) is 12.0 Å². The molecule has 3 rings (SSSR count). The molecule has 1 saturated carbocycles. The number of ether oxygens (including phenoxy) is 1. The van der Waals surface area contributed by atoms with Crippen molar-refractivity contribution in [1.29, 1.82) is 0 Å². The summed E-state index contributed by atoms with van der Waals surface area (Å²) in [7, 11) is 0. The Morgan fingerprint density at radius 2 is 2.33 bits per heavy atom. The number of rotatable bonds is 5. The SMILES string of the molecule is CCNCC1CCCOC1c1cncn1C1CC1. The molecule has 2 atom stereocenters. The molecule has 0 bridgehead atoms. The molecule has 1 aromatic heterocycles. The van der Waals surface area contributed by atoms with Crippen LogP contribution < -0.4 is 5.32 Å². The van der Waals surface area contributed by atoms with Crippen LogP contribution >= 0.6 is 0 Å². The summed E-state index contributed by atoms with van der Waals surface area (Å²) in [6.07, 6.45) is 9.27. The first-order chi connectivity index (χ1) is 8.90. The van der Waals surface area contributed by atoms with Gasteiger partial charge in [-0.2, -0.15) is 0 Å². The van der Waals surface area contributed by atoms with Crippen LogP contribution in [-0.2, 0) is 4.74 Å². The highest BCUT2D eigenvalue weighted by molar-refractivity contribution is 5.09. The van der Waals surface area contributed by atoms with Gasteiger partial charge >= 0.3 is 0 Å². The molecule has 1 aromatic rings. The molecule has 0 aromatic carbocycles. The number of nitrogens with one attached hydrogen (secondary N) is 1. The van der Waals surface area contributed by atoms with E-state index in [1.807, 2.05) is 12.5 Å². The van der Waals surface area contributed by atoms with E-state index in [0.717, 1.165) is 19.7 Å². The molecule has 0 amide bonds. The summed E-state index contributed by atoms with van der Waals surface area (Å²) in [6.45, 7) is 5.14. The quantitative estimate of drug-likeness (QED) is 0.870. The molecule has 0 radical (unpaired) electrons. The minimum Gasteiger partial charge on any atom is -0.372 e. The van der Waals surface area contributed by atoms with Gasteiger partial charge in [-0.3, -0.25) is 0 Å². The van der Waals surface area contributed by atoms with Crippen LogP contribution in [0.3, 0.4) is 0 Å². The van der Waals surface area contributed by atoms with Gasteiger partial charge in [-0.1, -0.05) is 6.92 Å². The average molecular weight is 249 g/mol. The molecular formula is C14H23N3O. The zero-order valence-corrected chi connectivity index (χ0v) is 11.1. The Labute approximate surface area is 109 Å². The van der Waals surface area contributed by atoms with Gasteiger partial charge in [-0.15, -0.1) is 0 Å². The highest BCUT2D eigenvalue weighted by atomic mass is 16.5. The highest BCUT2D eigenvalue weighted by Crippen LogP contribution is 2.40. The van der Waals surface area contributed by atoms with E-state index in [1.165, 1.54) is 31.4 Å². The summed E-state index contributed by atoms with van der Waals surface area (Å²) in [5.41, 5.74) is 1.29. The third-order valence-electron chi connectivity index (χ3n) is 4.03. The van der Waals surface area contributed by atoms with Crippen molar-refractivity contribution in [3.63, 3.8) is 0 Å². The van der Waals surface area contributed by atoms with Crippen molar-refractivity contribution in [1.82, 2.24) is 14.9 Å². The summed E-state index contributed by atoms with van der Waals surface area (Å²) in [6, 6.07) is 0.688. The van der Waals surface area contributed by atoms with E-state index in [2.05, 4.69) is 21.8 Å². The second-order valence-corrected chi connectivity index (χ2v) is 5.46. The fourth-order valence-electron chi connectivity index (χ4n) is 2.90. The van der Waals surface area contributed by atoms with Crippen LogP contribution in [0.5, 0.6) is 0 Å². The lowest BCUT2D eigenvalue weighted by atomic mass is 9.92. The Balaban J connectivity index is 1.76. The minimum atomic E-state index is 0.237. The molecule has 1 aliphatic carbocycles. The zero-order chi connectivity index (χ0) is 12.4. The molecule has 0 spiro atoms. The third kappa shape index (κ3) is 2.45. The first kappa shape index (κ1) is 12.2. The van der Waals surface area contributed by atoms with E-state index in [1.54, 1.807) is 0 Å². The maximum atomic E-state index is 6.05. The fraction of sp³-hybridized carbons (Fsp3) is 0.786. The number of hydrogen-bond acceptors (Lipinski definition) is 3. The number of imidazole rings is 1. The number of hydrogen-bond donors (Lipinski definition) is 1. The van der Waals surface area contributed by atoms with Crippen molar-refractivity contribution in [2.45, 2.75) is 44.8 Å². The number of nitrogens with zero attached hydrogens (tertiary/aromatic N) is 2.